The van der Waals surface area contributed by atoms with Gasteiger partial charge in [0.05, 0.1) is 28.6 Å². The molecule has 0 bridgehead atoms. The standard InChI is InChI=1S/C18H15NO4S2/c1-22-18(21)12-6-8-13(9-7-12)23-17(20)11-24-10-16-19-14-4-2-3-5-15(14)25-16/h2-9H,10-11H2,1H3. The number of carbonyl (C=O) groups excluding carboxylic acids is 2. The monoisotopic (exact) mass is 373 g/mol. The topological polar surface area (TPSA) is 65.5 Å². The maximum Gasteiger partial charge on any atom is 0.337 e. The molecule has 3 aromatic rings. The molecule has 0 radical (unpaired) electrons. The summed E-state index contributed by atoms with van der Waals surface area (Å²) in [4.78, 5) is 27.8. The minimum absolute atomic E-state index is 0.231. The molecule has 7 heteroatoms. The van der Waals surface area contributed by atoms with Crippen LogP contribution in [-0.2, 0) is 15.3 Å². The number of fused-ring (bicyclic) bond motifs is 1. The molecule has 5 nitrogen and oxygen atoms in total. The zero-order valence-corrected chi connectivity index (χ0v) is 15.1. The van der Waals surface area contributed by atoms with Crippen LogP contribution in [0.15, 0.2) is 48.5 Å². The maximum absolute atomic E-state index is 11.9. The van der Waals surface area contributed by atoms with Gasteiger partial charge in [0.25, 0.3) is 0 Å². The number of methoxy groups -OCH3 is 1. The molecule has 128 valence electrons. The molecule has 2 aromatic carbocycles. The first kappa shape index (κ1) is 17.4. The second kappa shape index (κ2) is 8.13. The van der Waals surface area contributed by atoms with E-state index in [2.05, 4.69) is 9.72 Å². The molecule has 1 heterocycles. The van der Waals surface area contributed by atoms with Gasteiger partial charge >= 0.3 is 11.9 Å². The zero-order chi connectivity index (χ0) is 17.6. The van der Waals surface area contributed by atoms with Crippen LogP contribution >= 0.6 is 23.1 Å². The highest BCUT2D eigenvalue weighted by molar-refractivity contribution is 7.99. The molecular weight excluding hydrogens is 358 g/mol. The summed E-state index contributed by atoms with van der Waals surface area (Å²) in [6, 6.07) is 14.2. The lowest BCUT2D eigenvalue weighted by Crippen LogP contribution is -2.11. The van der Waals surface area contributed by atoms with Crippen LogP contribution in [-0.4, -0.2) is 29.8 Å². The van der Waals surface area contributed by atoms with Gasteiger partial charge in [-0.1, -0.05) is 12.1 Å². The van der Waals surface area contributed by atoms with Crippen molar-refractivity contribution in [1.82, 2.24) is 4.98 Å². The third kappa shape index (κ3) is 4.58. The van der Waals surface area contributed by atoms with Gasteiger partial charge in [0.2, 0.25) is 0 Å². The van der Waals surface area contributed by atoms with Crippen LogP contribution in [0, 0.1) is 0 Å². The predicted molar refractivity (Wildman–Crippen MR) is 99.2 cm³/mol. The van der Waals surface area contributed by atoms with E-state index in [0.29, 0.717) is 17.1 Å². The molecule has 0 atom stereocenters. The SMILES string of the molecule is COC(=O)c1ccc(OC(=O)CSCc2nc3ccccc3s2)cc1. The average molecular weight is 373 g/mol. The van der Waals surface area contributed by atoms with E-state index in [-0.39, 0.29) is 11.7 Å². The lowest BCUT2D eigenvalue weighted by molar-refractivity contribution is -0.131. The van der Waals surface area contributed by atoms with Gasteiger partial charge in [-0.25, -0.2) is 9.78 Å². The Morgan fingerprint density at radius 3 is 2.60 bits per heavy atom. The highest BCUT2D eigenvalue weighted by atomic mass is 32.2. The summed E-state index contributed by atoms with van der Waals surface area (Å²) in [5, 5.41) is 0.987. The Balaban J connectivity index is 1.48. The van der Waals surface area contributed by atoms with Crippen molar-refractivity contribution in [2.45, 2.75) is 5.75 Å². The van der Waals surface area contributed by atoms with E-state index in [9.17, 15) is 9.59 Å². The van der Waals surface area contributed by atoms with Gasteiger partial charge in [-0.15, -0.1) is 23.1 Å². The van der Waals surface area contributed by atoms with Gasteiger partial charge < -0.3 is 9.47 Å². The number of rotatable bonds is 6. The van der Waals surface area contributed by atoms with Gasteiger partial charge in [0, 0.05) is 5.75 Å². The number of para-hydroxylation sites is 1. The number of benzene rings is 2. The van der Waals surface area contributed by atoms with E-state index >= 15 is 0 Å². The summed E-state index contributed by atoms with van der Waals surface area (Å²) in [7, 11) is 1.32. The first-order chi connectivity index (χ1) is 12.2. The predicted octanol–water partition coefficient (Wildman–Crippen LogP) is 3.92. The van der Waals surface area contributed by atoms with E-state index in [1.165, 1.54) is 18.9 Å². The summed E-state index contributed by atoms with van der Waals surface area (Å²) < 4.78 is 11.0. The van der Waals surface area contributed by atoms with E-state index in [0.717, 1.165) is 15.2 Å². The lowest BCUT2D eigenvalue weighted by Gasteiger charge is -2.04. The van der Waals surface area contributed by atoms with Crippen LogP contribution in [0.2, 0.25) is 0 Å². The third-order valence-electron chi connectivity index (χ3n) is 3.29. The minimum atomic E-state index is -0.427. The van der Waals surface area contributed by atoms with Crippen LogP contribution in [0.25, 0.3) is 10.2 Å². The van der Waals surface area contributed by atoms with E-state index < -0.39 is 5.97 Å². The number of hydrogen-bond acceptors (Lipinski definition) is 7. The number of thiazole rings is 1. The van der Waals surface area contributed by atoms with Crippen molar-refractivity contribution in [1.29, 1.82) is 0 Å². The number of aromatic nitrogens is 1. The molecule has 0 saturated carbocycles. The van der Waals surface area contributed by atoms with Crippen molar-refractivity contribution in [2.75, 3.05) is 12.9 Å². The molecule has 0 saturated heterocycles. The Bertz CT molecular complexity index is 856. The Hall–Kier alpha value is -2.38. The van der Waals surface area contributed by atoms with Crippen molar-refractivity contribution in [2.24, 2.45) is 0 Å². The van der Waals surface area contributed by atoms with Crippen LogP contribution in [0.4, 0.5) is 0 Å². The molecule has 0 unspecified atom stereocenters. The van der Waals surface area contributed by atoms with Crippen LogP contribution in [0.1, 0.15) is 15.4 Å². The summed E-state index contributed by atoms with van der Waals surface area (Å²) in [5.41, 5.74) is 1.39. The van der Waals surface area contributed by atoms with E-state index in [1.54, 1.807) is 35.6 Å². The van der Waals surface area contributed by atoms with Crippen molar-refractivity contribution in [3.05, 3.63) is 59.1 Å². The number of hydrogen-bond donors (Lipinski definition) is 0. The van der Waals surface area contributed by atoms with Crippen molar-refractivity contribution < 1.29 is 19.1 Å². The fourth-order valence-corrected chi connectivity index (χ4v) is 3.96. The highest BCUT2D eigenvalue weighted by Gasteiger charge is 2.09. The fraction of sp³-hybridized carbons (Fsp3) is 0.167. The second-order valence-electron chi connectivity index (χ2n) is 5.06. The van der Waals surface area contributed by atoms with Crippen LogP contribution in [0.3, 0.4) is 0 Å². The van der Waals surface area contributed by atoms with E-state index in [4.69, 9.17) is 4.74 Å². The summed E-state index contributed by atoms with van der Waals surface area (Å²) in [5.74, 6) is 0.532. The quantitative estimate of drug-likeness (QED) is 0.482. The number of ether oxygens (including phenoxy) is 2. The Kier molecular flexibility index (Phi) is 5.67. The first-order valence-corrected chi connectivity index (χ1v) is 9.44. The molecule has 0 aliphatic rings. The van der Waals surface area contributed by atoms with Gasteiger partial charge in [-0.2, -0.15) is 0 Å². The summed E-state index contributed by atoms with van der Waals surface area (Å²) >= 11 is 3.09. The Labute approximate surface area is 153 Å². The van der Waals surface area contributed by atoms with Gasteiger partial charge in [-0.3, -0.25) is 4.79 Å². The normalized spacial score (nSPS) is 10.6. The van der Waals surface area contributed by atoms with Crippen LogP contribution < -0.4 is 4.74 Å². The fourth-order valence-electron chi connectivity index (χ4n) is 2.14. The number of thioether (sulfide) groups is 1. The number of carbonyl (C=O) groups is 2. The number of nitrogens with zero attached hydrogens (tertiary/aromatic N) is 1. The summed E-state index contributed by atoms with van der Waals surface area (Å²) in [6.45, 7) is 0. The largest absolute Gasteiger partial charge is 0.465 e. The lowest BCUT2D eigenvalue weighted by atomic mass is 10.2. The molecule has 3 rings (SSSR count). The van der Waals surface area contributed by atoms with E-state index in [1.807, 2.05) is 24.3 Å². The molecule has 0 amide bonds. The molecule has 0 aliphatic carbocycles. The molecule has 25 heavy (non-hydrogen) atoms. The molecule has 1 aromatic heterocycles. The third-order valence-corrected chi connectivity index (χ3v) is 5.43. The minimum Gasteiger partial charge on any atom is -0.465 e. The van der Waals surface area contributed by atoms with Gasteiger partial charge in [0.1, 0.15) is 10.8 Å². The second-order valence-corrected chi connectivity index (χ2v) is 7.16. The molecule has 0 N–H and O–H groups in total. The van der Waals surface area contributed by atoms with Crippen molar-refractivity contribution in [3.8, 4) is 5.75 Å². The van der Waals surface area contributed by atoms with Gasteiger partial charge in [0.15, 0.2) is 0 Å². The average Bonchev–Trinajstić information content (AvgIpc) is 3.04. The molecule has 0 fully saturated rings. The summed E-state index contributed by atoms with van der Waals surface area (Å²) in [6.07, 6.45) is 0. The van der Waals surface area contributed by atoms with Crippen molar-refractivity contribution >= 4 is 45.3 Å². The van der Waals surface area contributed by atoms with Gasteiger partial charge in [-0.05, 0) is 36.4 Å². The molecular formula is C18H15NO4S2. The molecule has 0 spiro atoms. The van der Waals surface area contributed by atoms with Crippen molar-refractivity contribution in [3.63, 3.8) is 0 Å². The smallest absolute Gasteiger partial charge is 0.337 e. The zero-order valence-electron chi connectivity index (χ0n) is 13.4. The highest BCUT2D eigenvalue weighted by Crippen LogP contribution is 2.25. The molecule has 0 aliphatic heterocycles. The Morgan fingerprint density at radius 1 is 1.12 bits per heavy atom. The van der Waals surface area contributed by atoms with Crippen LogP contribution in [0.5, 0.6) is 5.75 Å². The Morgan fingerprint density at radius 2 is 1.88 bits per heavy atom. The number of esters is 2. The maximum atomic E-state index is 11.9. The first-order valence-electron chi connectivity index (χ1n) is 7.47.